The second-order valence-corrected chi connectivity index (χ2v) is 8.89. The van der Waals surface area contributed by atoms with Crippen LogP contribution < -0.4 is 11.0 Å². The zero-order chi connectivity index (χ0) is 19.1. The molecule has 6 nitrogen and oxygen atoms in total. The van der Waals surface area contributed by atoms with Gasteiger partial charge in [-0.05, 0) is 37.7 Å². The van der Waals surface area contributed by atoms with Crippen molar-refractivity contribution in [1.29, 1.82) is 0 Å². The van der Waals surface area contributed by atoms with Crippen LogP contribution in [0.5, 0.6) is 5.75 Å². The summed E-state index contributed by atoms with van der Waals surface area (Å²) in [6.07, 6.45) is 4.11. The van der Waals surface area contributed by atoms with Crippen molar-refractivity contribution in [1.82, 2.24) is 9.55 Å². The smallest absolute Gasteiger partial charge is 0.263 e. The molecule has 8 heteroatoms. The maximum absolute atomic E-state index is 13.1. The number of aromatic nitrogens is 2. The summed E-state index contributed by atoms with van der Waals surface area (Å²) in [5.74, 6) is 1.02. The average Bonchev–Trinajstić information content (AvgIpc) is 3.00. The van der Waals surface area contributed by atoms with Gasteiger partial charge >= 0.3 is 0 Å². The molecule has 0 aromatic carbocycles. The molecule has 0 aliphatic heterocycles. The second kappa shape index (κ2) is 7.16. The maximum atomic E-state index is 13.1. The van der Waals surface area contributed by atoms with E-state index < -0.39 is 11.2 Å². The highest BCUT2D eigenvalue weighted by Crippen LogP contribution is 2.36. The summed E-state index contributed by atoms with van der Waals surface area (Å²) in [6.45, 7) is 4.71. The first-order chi connectivity index (χ1) is 13.0. The van der Waals surface area contributed by atoms with Gasteiger partial charge in [-0.1, -0.05) is 18.7 Å². The van der Waals surface area contributed by atoms with Crippen LogP contribution in [0.4, 0.5) is 0 Å². The monoisotopic (exact) mass is 404 g/mol. The Morgan fingerprint density at radius 2 is 2.26 bits per heavy atom. The van der Waals surface area contributed by atoms with Crippen molar-refractivity contribution in [3.63, 3.8) is 0 Å². The largest absolute Gasteiger partial charge is 0.502 e. The fourth-order valence-corrected chi connectivity index (χ4v) is 5.83. The Balaban J connectivity index is 1.73. The number of hydrogen-bond acceptors (Lipinski definition) is 7. The van der Waals surface area contributed by atoms with Gasteiger partial charge in [0.05, 0.1) is 11.1 Å². The van der Waals surface area contributed by atoms with E-state index in [4.69, 9.17) is 9.40 Å². The molecule has 142 valence electrons. The summed E-state index contributed by atoms with van der Waals surface area (Å²) in [6, 6.07) is 1.26. The van der Waals surface area contributed by atoms with Crippen molar-refractivity contribution in [2.75, 3.05) is 0 Å². The van der Waals surface area contributed by atoms with Gasteiger partial charge in [-0.15, -0.1) is 11.3 Å². The molecule has 1 aliphatic rings. The third-order valence-electron chi connectivity index (χ3n) is 4.91. The van der Waals surface area contributed by atoms with Gasteiger partial charge in [-0.3, -0.25) is 14.2 Å². The van der Waals surface area contributed by atoms with E-state index in [9.17, 15) is 14.7 Å². The number of hydrogen-bond donors (Lipinski definition) is 1. The molecule has 0 saturated heterocycles. The Bertz CT molecular complexity index is 1130. The summed E-state index contributed by atoms with van der Waals surface area (Å²) in [5, 5.41) is 10.7. The highest BCUT2D eigenvalue weighted by molar-refractivity contribution is 7.98. The van der Waals surface area contributed by atoms with Crippen molar-refractivity contribution in [2.24, 2.45) is 5.92 Å². The van der Waals surface area contributed by atoms with Crippen LogP contribution in [0.3, 0.4) is 0 Å². The molecule has 0 saturated carbocycles. The number of fused-ring (bicyclic) bond motifs is 3. The first-order valence-electron chi connectivity index (χ1n) is 8.96. The molecule has 0 amide bonds. The standard InChI is InChI=1S/C19H20N2O4S2/c1-3-21-18(24)16-12-5-4-10(2)6-15(12)27-17(16)20-19(21)26-9-11-7-13(22)14(23)8-25-11/h7-8,10,23H,3-6,9H2,1-2H3. The third-order valence-corrected chi connectivity index (χ3v) is 7.05. The number of thioether (sulfide) groups is 1. The van der Waals surface area contributed by atoms with E-state index in [-0.39, 0.29) is 5.56 Å². The van der Waals surface area contributed by atoms with Gasteiger partial charge in [0.15, 0.2) is 10.9 Å². The van der Waals surface area contributed by atoms with Crippen molar-refractivity contribution in [3.8, 4) is 5.75 Å². The van der Waals surface area contributed by atoms with Gasteiger partial charge in [-0.2, -0.15) is 0 Å². The second-order valence-electron chi connectivity index (χ2n) is 6.86. The highest BCUT2D eigenvalue weighted by Gasteiger charge is 2.24. The number of aryl methyl sites for hydroxylation is 1. The molecule has 27 heavy (non-hydrogen) atoms. The van der Waals surface area contributed by atoms with Crippen molar-refractivity contribution >= 4 is 33.3 Å². The van der Waals surface area contributed by atoms with E-state index in [0.29, 0.717) is 29.1 Å². The van der Waals surface area contributed by atoms with E-state index in [2.05, 4.69) is 6.92 Å². The predicted molar refractivity (Wildman–Crippen MR) is 107 cm³/mol. The van der Waals surface area contributed by atoms with E-state index in [1.165, 1.54) is 28.3 Å². The normalized spacial score (nSPS) is 16.6. The molecule has 0 fully saturated rings. The first kappa shape index (κ1) is 18.3. The molecule has 4 rings (SSSR count). The minimum Gasteiger partial charge on any atom is -0.502 e. The topological polar surface area (TPSA) is 85.3 Å². The van der Waals surface area contributed by atoms with E-state index >= 15 is 0 Å². The maximum Gasteiger partial charge on any atom is 0.263 e. The van der Waals surface area contributed by atoms with Crippen molar-refractivity contribution < 1.29 is 9.52 Å². The summed E-state index contributed by atoms with van der Waals surface area (Å²) >= 11 is 2.99. The van der Waals surface area contributed by atoms with Gasteiger partial charge in [0.2, 0.25) is 5.43 Å². The van der Waals surface area contributed by atoms with E-state index in [1.807, 2.05) is 6.92 Å². The molecular weight excluding hydrogens is 384 g/mol. The zero-order valence-corrected chi connectivity index (χ0v) is 16.8. The molecule has 3 heterocycles. The van der Waals surface area contributed by atoms with Crippen LogP contribution in [0.15, 0.2) is 31.5 Å². The fraction of sp³-hybridized carbons (Fsp3) is 0.421. The Kier molecular flexibility index (Phi) is 4.86. The number of nitrogens with zero attached hydrogens (tertiary/aromatic N) is 2. The van der Waals surface area contributed by atoms with Crippen LogP contribution in [0, 0.1) is 5.92 Å². The third kappa shape index (κ3) is 3.32. The lowest BCUT2D eigenvalue weighted by Crippen LogP contribution is -2.23. The van der Waals surface area contributed by atoms with Crippen LogP contribution in [0.2, 0.25) is 0 Å². The van der Waals surface area contributed by atoms with Crippen molar-refractivity contribution in [3.05, 3.63) is 49.1 Å². The molecule has 1 unspecified atom stereocenters. The van der Waals surface area contributed by atoms with Crippen LogP contribution in [0.25, 0.3) is 10.2 Å². The van der Waals surface area contributed by atoms with Gasteiger partial charge in [0, 0.05) is 17.5 Å². The van der Waals surface area contributed by atoms with Crippen LogP contribution in [-0.2, 0) is 25.1 Å². The Morgan fingerprint density at radius 1 is 1.44 bits per heavy atom. The lowest BCUT2D eigenvalue weighted by atomic mass is 9.89. The molecule has 1 atom stereocenters. The molecule has 1 N–H and O–H groups in total. The van der Waals surface area contributed by atoms with Crippen LogP contribution in [0.1, 0.15) is 36.5 Å². The molecule has 0 spiro atoms. The van der Waals surface area contributed by atoms with Crippen LogP contribution in [-0.4, -0.2) is 14.7 Å². The lowest BCUT2D eigenvalue weighted by Gasteiger charge is -2.17. The molecule has 0 bridgehead atoms. The summed E-state index contributed by atoms with van der Waals surface area (Å²) < 4.78 is 6.94. The van der Waals surface area contributed by atoms with Crippen LogP contribution >= 0.6 is 23.1 Å². The number of thiophene rings is 1. The SMILES string of the molecule is CCn1c(SCc2cc(=O)c(O)co2)nc2sc3c(c2c1=O)CCC(C)C3. The Labute approximate surface area is 163 Å². The predicted octanol–water partition coefficient (Wildman–Crippen LogP) is 3.55. The molecule has 3 aromatic heterocycles. The molecule has 3 aromatic rings. The van der Waals surface area contributed by atoms with E-state index in [0.717, 1.165) is 35.7 Å². The Hall–Kier alpha value is -2.06. The van der Waals surface area contributed by atoms with Gasteiger partial charge < -0.3 is 9.52 Å². The van der Waals surface area contributed by atoms with Gasteiger partial charge in [-0.25, -0.2) is 4.98 Å². The molecule has 0 radical (unpaired) electrons. The minimum absolute atomic E-state index is 0.0178. The lowest BCUT2D eigenvalue weighted by molar-refractivity contribution is 0.419. The molecular formula is C19H20N2O4S2. The minimum atomic E-state index is -0.479. The molecule has 1 aliphatic carbocycles. The van der Waals surface area contributed by atoms with Crippen molar-refractivity contribution in [2.45, 2.75) is 50.6 Å². The quantitative estimate of drug-likeness (QED) is 0.529. The number of rotatable bonds is 4. The van der Waals surface area contributed by atoms with E-state index in [1.54, 1.807) is 15.9 Å². The van der Waals surface area contributed by atoms with Gasteiger partial charge in [0.1, 0.15) is 16.9 Å². The summed E-state index contributed by atoms with van der Waals surface area (Å²) in [5.41, 5.74) is 0.728. The average molecular weight is 405 g/mol. The highest BCUT2D eigenvalue weighted by atomic mass is 32.2. The van der Waals surface area contributed by atoms with Gasteiger partial charge in [0.25, 0.3) is 5.56 Å². The number of aromatic hydroxyl groups is 1. The zero-order valence-electron chi connectivity index (χ0n) is 15.2. The Morgan fingerprint density at radius 3 is 3.00 bits per heavy atom. The first-order valence-corrected chi connectivity index (χ1v) is 10.8. The summed E-state index contributed by atoms with van der Waals surface area (Å²) in [7, 11) is 0. The fourth-order valence-electron chi connectivity index (χ4n) is 3.45. The summed E-state index contributed by atoms with van der Waals surface area (Å²) in [4.78, 5) is 31.5.